The Bertz CT molecular complexity index is 1570. The third kappa shape index (κ3) is 6.58. The van der Waals surface area contributed by atoms with Crippen LogP contribution in [-0.2, 0) is 27.9 Å². The summed E-state index contributed by atoms with van der Waals surface area (Å²) in [5.41, 5.74) is 0.213. The number of aromatic nitrogens is 1. The third-order valence-corrected chi connectivity index (χ3v) is 6.69. The van der Waals surface area contributed by atoms with Gasteiger partial charge in [-0.2, -0.15) is 21.6 Å². The van der Waals surface area contributed by atoms with Gasteiger partial charge in [-0.25, -0.2) is 4.79 Å². The van der Waals surface area contributed by atoms with Crippen molar-refractivity contribution in [2.75, 3.05) is 11.9 Å². The number of nitrogens with two attached hydrogens (primary N) is 1. The Labute approximate surface area is 230 Å². The third-order valence-electron chi connectivity index (χ3n) is 5.72. The van der Waals surface area contributed by atoms with Crippen LogP contribution in [0.1, 0.15) is 40.2 Å². The molecule has 0 saturated carbocycles. The van der Waals surface area contributed by atoms with Crippen LogP contribution in [0.25, 0.3) is 21.9 Å². The number of rotatable bonds is 7. The van der Waals surface area contributed by atoms with Crippen LogP contribution < -0.4 is 20.4 Å². The number of pyridine rings is 1. The van der Waals surface area contributed by atoms with E-state index in [1.807, 2.05) is 13.8 Å². The van der Waals surface area contributed by atoms with Crippen molar-refractivity contribution in [3.63, 3.8) is 0 Å². The zero-order valence-electron chi connectivity index (χ0n) is 23.0. The van der Waals surface area contributed by atoms with E-state index in [2.05, 4.69) is 4.18 Å². The Morgan fingerprint density at radius 1 is 1.05 bits per heavy atom. The first-order valence-electron chi connectivity index (χ1n) is 12.3. The summed E-state index contributed by atoms with van der Waals surface area (Å²) >= 11 is 0. The maximum Gasteiger partial charge on any atom is 0.534 e. The number of anilines is 1. The van der Waals surface area contributed by atoms with Gasteiger partial charge in [0.05, 0.1) is 0 Å². The molecule has 0 bridgehead atoms. The average molecular weight is 584 g/mol. The zero-order valence-corrected chi connectivity index (χ0v) is 23.8. The standard InChI is InChI=1S/C27H32F3N3O6S/c1-16(2)15-33-23(32(6)25(35)38-26(3,4)5)22(18-9-7-17(14-31)8-10-18)21-13-19(11-12-20(21)24(33)34)39-40(36,37)27(28,29)30/h7-13,16H,14-15,31H2,1-6H3. The van der Waals surface area contributed by atoms with Gasteiger partial charge < -0.3 is 14.7 Å². The molecule has 3 rings (SSSR count). The lowest BCUT2D eigenvalue weighted by atomic mass is 9.97. The van der Waals surface area contributed by atoms with Gasteiger partial charge in [0.15, 0.2) is 0 Å². The van der Waals surface area contributed by atoms with E-state index in [4.69, 9.17) is 10.5 Å². The smallest absolute Gasteiger partial charge is 0.443 e. The molecule has 2 aromatic carbocycles. The van der Waals surface area contributed by atoms with E-state index in [1.54, 1.807) is 45.0 Å². The molecule has 0 aliphatic rings. The molecule has 0 spiro atoms. The number of amides is 1. The van der Waals surface area contributed by atoms with E-state index in [9.17, 15) is 31.2 Å². The van der Waals surface area contributed by atoms with Crippen molar-refractivity contribution in [3.05, 3.63) is 58.4 Å². The van der Waals surface area contributed by atoms with Crippen LogP contribution >= 0.6 is 0 Å². The summed E-state index contributed by atoms with van der Waals surface area (Å²) < 4.78 is 73.9. The van der Waals surface area contributed by atoms with Gasteiger partial charge in [-0.05, 0) is 56.0 Å². The topological polar surface area (TPSA) is 121 Å². The first kappa shape index (κ1) is 31.0. The minimum Gasteiger partial charge on any atom is -0.443 e. The highest BCUT2D eigenvalue weighted by Gasteiger charge is 2.48. The molecule has 0 atom stereocenters. The van der Waals surface area contributed by atoms with Crippen molar-refractivity contribution in [1.29, 1.82) is 0 Å². The molecular formula is C27H32F3N3O6S. The molecule has 0 unspecified atom stereocenters. The Morgan fingerprint density at radius 3 is 2.15 bits per heavy atom. The Balaban J connectivity index is 2.46. The molecule has 0 aliphatic heterocycles. The Kier molecular flexibility index (Phi) is 8.61. The number of ether oxygens (including phenoxy) is 1. The van der Waals surface area contributed by atoms with Gasteiger partial charge in [0, 0.05) is 36.5 Å². The maximum atomic E-state index is 13.8. The summed E-state index contributed by atoms with van der Waals surface area (Å²) in [6, 6.07) is 10.0. The molecule has 0 saturated heterocycles. The van der Waals surface area contributed by atoms with Gasteiger partial charge >= 0.3 is 21.7 Å². The molecule has 218 valence electrons. The van der Waals surface area contributed by atoms with Crippen LogP contribution in [0.5, 0.6) is 5.75 Å². The molecule has 13 heteroatoms. The number of alkyl halides is 3. The summed E-state index contributed by atoms with van der Waals surface area (Å²) in [7, 11) is -4.57. The molecular weight excluding hydrogens is 551 g/mol. The van der Waals surface area contributed by atoms with Gasteiger partial charge in [-0.3, -0.25) is 14.3 Å². The number of nitrogens with zero attached hydrogens (tertiary/aromatic N) is 2. The zero-order chi connectivity index (χ0) is 30.2. The molecule has 9 nitrogen and oxygen atoms in total. The van der Waals surface area contributed by atoms with Crippen molar-refractivity contribution in [3.8, 4) is 16.9 Å². The highest BCUT2D eigenvalue weighted by atomic mass is 32.2. The largest absolute Gasteiger partial charge is 0.534 e. The fourth-order valence-corrected chi connectivity index (χ4v) is 4.48. The second-order valence-electron chi connectivity index (χ2n) is 10.6. The van der Waals surface area contributed by atoms with Crippen molar-refractivity contribution in [2.24, 2.45) is 11.7 Å². The highest BCUT2D eigenvalue weighted by molar-refractivity contribution is 7.88. The fraction of sp³-hybridized carbons (Fsp3) is 0.407. The summed E-state index contributed by atoms with van der Waals surface area (Å²) in [5, 5.41) is 0.155. The summed E-state index contributed by atoms with van der Waals surface area (Å²) in [6.07, 6.45) is -0.782. The van der Waals surface area contributed by atoms with Crippen LogP contribution in [-0.4, -0.2) is 37.2 Å². The number of benzene rings is 2. The lowest BCUT2D eigenvalue weighted by molar-refractivity contribution is -0.0500. The summed E-state index contributed by atoms with van der Waals surface area (Å²) in [5.74, 6) is -0.596. The molecule has 3 aromatic rings. The monoisotopic (exact) mass is 583 g/mol. The van der Waals surface area contributed by atoms with Gasteiger partial charge in [-0.15, -0.1) is 0 Å². The van der Waals surface area contributed by atoms with E-state index in [1.165, 1.54) is 17.7 Å². The molecule has 1 amide bonds. The predicted octanol–water partition coefficient (Wildman–Crippen LogP) is 5.38. The van der Waals surface area contributed by atoms with E-state index >= 15 is 0 Å². The van der Waals surface area contributed by atoms with Crippen molar-refractivity contribution < 1.29 is 35.3 Å². The van der Waals surface area contributed by atoms with E-state index < -0.39 is 38.6 Å². The molecule has 1 aromatic heterocycles. The lowest BCUT2D eigenvalue weighted by Crippen LogP contribution is -2.38. The Hall–Kier alpha value is -3.58. The fourth-order valence-electron chi connectivity index (χ4n) is 4.03. The number of halogens is 3. The van der Waals surface area contributed by atoms with Crippen LogP contribution in [0.15, 0.2) is 47.3 Å². The second kappa shape index (κ2) is 11.1. The van der Waals surface area contributed by atoms with E-state index in [0.29, 0.717) is 5.56 Å². The van der Waals surface area contributed by atoms with Crippen LogP contribution in [0.2, 0.25) is 0 Å². The quantitative estimate of drug-likeness (QED) is 0.293. The second-order valence-corrected chi connectivity index (χ2v) is 12.2. The number of hydrogen-bond donors (Lipinski definition) is 1. The number of carbonyl (C=O) groups excluding carboxylic acids is 1. The minimum atomic E-state index is -5.98. The molecule has 0 fully saturated rings. The van der Waals surface area contributed by atoms with E-state index in [0.717, 1.165) is 22.6 Å². The SMILES string of the molecule is CC(C)Cn1c(N(C)C(=O)OC(C)(C)C)c(-c2ccc(CN)cc2)c2cc(OS(=O)(=O)C(F)(F)F)ccc2c1=O. The maximum absolute atomic E-state index is 13.8. The molecule has 40 heavy (non-hydrogen) atoms. The van der Waals surface area contributed by atoms with Gasteiger partial charge in [0.25, 0.3) is 5.56 Å². The van der Waals surface area contributed by atoms with Crippen molar-refractivity contribution in [2.45, 2.75) is 58.8 Å². The van der Waals surface area contributed by atoms with Gasteiger partial charge in [0.1, 0.15) is 17.2 Å². The predicted molar refractivity (Wildman–Crippen MR) is 147 cm³/mol. The Morgan fingerprint density at radius 2 is 1.65 bits per heavy atom. The minimum absolute atomic E-state index is 0.0482. The van der Waals surface area contributed by atoms with Gasteiger partial charge in [-0.1, -0.05) is 38.1 Å². The van der Waals surface area contributed by atoms with Crippen LogP contribution in [0.4, 0.5) is 23.8 Å². The van der Waals surface area contributed by atoms with Crippen molar-refractivity contribution >= 4 is 32.8 Å². The number of hydrogen-bond acceptors (Lipinski definition) is 7. The molecule has 1 heterocycles. The normalized spacial score (nSPS) is 12.6. The van der Waals surface area contributed by atoms with Crippen LogP contribution in [0, 0.1) is 5.92 Å². The van der Waals surface area contributed by atoms with E-state index in [-0.39, 0.29) is 41.2 Å². The van der Waals surface area contributed by atoms with Crippen molar-refractivity contribution in [1.82, 2.24) is 4.57 Å². The first-order chi connectivity index (χ1) is 18.4. The number of carbonyl (C=O) groups is 1. The summed E-state index contributed by atoms with van der Waals surface area (Å²) in [4.78, 5) is 28.2. The number of fused-ring (bicyclic) bond motifs is 1. The lowest BCUT2D eigenvalue weighted by Gasteiger charge is -2.29. The summed E-state index contributed by atoms with van der Waals surface area (Å²) in [6.45, 7) is 9.22. The average Bonchev–Trinajstić information content (AvgIpc) is 2.83. The first-order valence-corrected chi connectivity index (χ1v) is 13.7. The molecule has 0 radical (unpaired) electrons. The highest BCUT2D eigenvalue weighted by Crippen LogP contribution is 2.39. The van der Waals surface area contributed by atoms with Crippen LogP contribution in [0.3, 0.4) is 0 Å². The molecule has 0 aliphatic carbocycles. The molecule has 2 N–H and O–H groups in total. The van der Waals surface area contributed by atoms with Gasteiger partial charge in [0.2, 0.25) is 0 Å².